The minimum atomic E-state index is -0.473. The molecule has 2 amide bonds. The van der Waals surface area contributed by atoms with Gasteiger partial charge < -0.3 is 15.4 Å². The molecular weight excluding hydrogens is 781 g/mol. The highest BCUT2D eigenvalue weighted by molar-refractivity contribution is 8.76. The summed E-state index contributed by atoms with van der Waals surface area (Å²) in [5, 5.41) is 19.7. The molecular formula is C44H54N10O3S2. The van der Waals surface area contributed by atoms with E-state index < -0.39 is 6.09 Å². The number of rotatable bonds is 26. The Kier molecular flexibility index (Phi) is 20.0. The Morgan fingerprint density at radius 3 is 2.34 bits per heavy atom. The van der Waals surface area contributed by atoms with E-state index in [4.69, 9.17) is 9.72 Å². The van der Waals surface area contributed by atoms with E-state index in [-0.39, 0.29) is 12.5 Å². The Morgan fingerprint density at radius 2 is 1.58 bits per heavy atom. The van der Waals surface area contributed by atoms with Gasteiger partial charge in [-0.25, -0.2) is 19.4 Å². The first-order chi connectivity index (χ1) is 29.1. The SMILES string of the molecule is CC/C=C\C/C=C\C/C=C\C/C=C\C/C=C\CCCC(=O)NCCSSCCNC(=O)OCCn1cc(-c2cnc3nnn(Cc4ccc5ncccc5c4)c3n2)cn1. The summed E-state index contributed by atoms with van der Waals surface area (Å²) in [6, 6.07) is 10.0. The molecule has 0 fully saturated rings. The number of nitrogens with one attached hydrogen (secondary N) is 2. The van der Waals surface area contributed by atoms with Crippen LogP contribution >= 0.6 is 21.6 Å². The van der Waals surface area contributed by atoms with Gasteiger partial charge in [0.05, 0.1) is 36.7 Å². The molecule has 0 spiro atoms. The highest BCUT2D eigenvalue weighted by Crippen LogP contribution is 2.20. The number of amides is 2. The third-order valence-corrected chi connectivity index (χ3v) is 11.1. The van der Waals surface area contributed by atoms with Crippen LogP contribution in [-0.4, -0.2) is 82.9 Å². The molecule has 0 aliphatic carbocycles. The number of ether oxygens (including phenoxy) is 1. The number of pyridine rings is 1. The van der Waals surface area contributed by atoms with Gasteiger partial charge in [0, 0.05) is 54.4 Å². The van der Waals surface area contributed by atoms with Crippen molar-refractivity contribution < 1.29 is 14.3 Å². The molecule has 4 aromatic heterocycles. The molecule has 2 N–H and O–H groups in total. The largest absolute Gasteiger partial charge is 0.448 e. The second kappa shape index (κ2) is 26.5. The topological polar surface area (TPSA) is 155 Å². The molecule has 310 valence electrons. The molecule has 4 heterocycles. The zero-order valence-electron chi connectivity index (χ0n) is 33.7. The number of unbranched alkanes of at least 4 members (excludes halogenated alkanes) is 1. The van der Waals surface area contributed by atoms with Gasteiger partial charge in [0.25, 0.3) is 0 Å². The highest BCUT2D eigenvalue weighted by atomic mass is 33.1. The fourth-order valence-corrected chi connectivity index (χ4v) is 7.49. The number of aromatic nitrogens is 8. The molecule has 0 atom stereocenters. The van der Waals surface area contributed by atoms with Crippen molar-refractivity contribution in [2.45, 2.75) is 71.4 Å². The second-order valence-electron chi connectivity index (χ2n) is 13.3. The van der Waals surface area contributed by atoms with E-state index in [9.17, 15) is 9.59 Å². The maximum Gasteiger partial charge on any atom is 0.407 e. The second-order valence-corrected chi connectivity index (χ2v) is 16.0. The van der Waals surface area contributed by atoms with Crippen molar-refractivity contribution in [1.29, 1.82) is 0 Å². The number of nitrogens with zero attached hydrogens (tertiary/aromatic N) is 8. The van der Waals surface area contributed by atoms with Crippen LogP contribution in [0, 0.1) is 0 Å². The predicted octanol–water partition coefficient (Wildman–Crippen LogP) is 8.83. The quantitative estimate of drug-likeness (QED) is 0.0312. The molecule has 0 aliphatic heterocycles. The van der Waals surface area contributed by atoms with E-state index >= 15 is 0 Å². The van der Waals surface area contributed by atoms with E-state index in [1.165, 1.54) is 0 Å². The van der Waals surface area contributed by atoms with Gasteiger partial charge in [-0.1, -0.05) is 107 Å². The first kappa shape index (κ1) is 44.6. The van der Waals surface area contributed by atoms with Gasteiger partial charge in [-0.3, -0.25) is 14.5 Å². The number of allylic oxidation sites excluding steroid dienone is 10. The average molecular weight is 835 g/mol. The van der Waals surface area contributed by atoms with Crippen LogP contribution in [0.3, 0.4) is 0 Å². The molecule has 0 unspecified atom stereocenters. The standard InChI is InChI=1S/C44H54N10O3S2/c1-2-3-4-5-6-7-8-9-10-11-12-13-14-15-16-17-18-21-41(55)46-25-29-58-59-30-26-47-44(56)57-28-27-53-35-38(32-49-53)40-33-48-42-43(50-40)54(52-51-42)34-36-22-23-39-37(31-36)20-19-24-45-39/h3-4,6-7,9-10,12-13,15-16,19-20,22-24,31-33,35H,2,5,8,11,14,17-18,21,25-30,34H2,1H3,(H,46,55)(H,47,56)/b4-3-,7-6-,10-9-,13-12-,16-15-. The van der Waals surface area contributed by atoms with Crippen LogP contribution in [-0.2, 0) is 22.6 Å². The summed E-state index contributed by atoms with van der Waals surface area (Å²) in [7, 11) is 3.31. The number of carbonyl (C=O) groups is 2. The van der Waals surface area contributed by atoms with Gasteiger partial charge in [-0.2, -0.15) is 5.10 Å². The summed E-state index contributed by atoms with van der Waals surface area (Å²) in [6.07, 6.45) is 35.6. The van der Waals surface area contributed by atoms with Crippen molar-refractivity contribution in [2.75, 3.05) is 31.2 Å². The monoisotopic (exact) mass is 834 g/mol. The fourth-order valence-electron chi connectivity index (χ4n) is 5.68. The van der Waals surface area contributed by atoms with Crippen LogP contribution in [0.4, 0.5) is 4.79 Å². The molecule has 5 aromatic rings. The van der Waals surface area contributed by atoms with E-state index in [1.807, 2.05) is 30.5 Å². The third-order valence-electron chi connectivity index (χ3n) is 8.69. The van der Waals surface area contributed by atoms with Crippen molar-refractivity contribution in [2.24, 2.45) is 0 Å². The zero-order chi connectivity index (χ0) is 41.2. The first-order valence-corrected chi connectivity index (χ1v) is 22.7. The van der Waals surface area contributed by atoms with Crippen LogP contribution in [0.1, 0.15) is 63.9 Å². The van der Waals surface area contributed by atoms with Crippen molar-refractivity contribution in [1.82, 2.24) is 50.4 Å². The lowest BCUT2D eigenvalue weighted by molar-refractivity contribution is -0.121. The molecule has 0 radical (unpaired) electrons. The number of fused-ring (bicyclic) bond motifs is 2. The lowest BCUT2D eigenvalue weighted by Gasteiger charge is -2.07. The number of alkyl carbamates (subject to hydrolysis) is 1. The first-order valence-electron chi connectivity index (χ1n) is 20.2. The Morgan fingerprint density at radius 1 is 0.847 bits per heavy atom. The van der Waals surface area contributed by atoms with Gasteiger partial charge in [-0.15, -0.1) is 5.10 Å². The maximum absolute atomic E-state index is 12.2. The van der Waals surface area contributed by atoms with Crippen LogP contribution < -0.4 is 10.6 Å². The third kappa shape index (κ3) is 16.7. The molecule has 5 rings (SSSR count). The Labute approximate surface area is 354 Å². The van der Waals surface area contributed by atoms with Crippen molar-refractivity contribution in [3.63, 3.8) is 0 Å². The van der Waals surface area contributed by atoms with E-state index in [0.29, 0.717) is 49.6 Å². The number of benzene rings is 1. The molecule has 0 saturated heterocycles. The zero-order valence-corrected chi connectivity index (χ0v) is 35.3. The van der Waals surface area contributed by atoms with Crippen LogP contribution in [0.15, 0.2) is 116 Å². The average Bonchev–Trinajstić information content (AvgIpc) is 3.89. The lowest BCUT2D eigenvalue weighted by atomic mass is 10.1. The summed E-state index contributed by atoms with van der Waals surface area (Å²) in [6.45, 7) is 4.29. The Hall–Kier alpha value is -5.54. The Balaban J connectivity index is 0.849. The highest BCUT2D eigenvalue weighted by Gasteiger charge is 2.13. The van der Waals surface area contributed by atoms with Gasteiger partial charge >= 0.3 is 6.09 Å². The van der Waals surface area contributed by atoms with Crippen molar-refractivity contribution in [3.8, 4) is 11.3 Å². The summed E-state index contributed by atoms with van der Waals surface area (Å²) < 4.78 is 8.77. The number of hydrogen-bond donors (Lipinski definition) is 2. The lowest BCUT2D eigenvalue weighted by Crippen LogP contribution is -2.27. The van der Waals surface area contributed by atoms with Gasteiger partial charge in [0.1, 0.15) is 6.61 Å². The molecule has 0 saturated carbocycles. The number of hydrogen-bond acceptors (Lipinski definition) is 11. The summed E-state index contributed by atoms with van der Waals surface area (Å²) in [4.78, 5) is 37.9. The van der Waals surface area contributed by atoms with Crippen LogP contribution in [0.5, 0.6) is 0 Å². The minimum absolute atomic E-state index is 0.0848. The van der Waals surface area contributed by atoms with E-state index in [0.717, 1.165) is 78.5 Å². The fraction of sp³-hybridized carbons (Fsp3) is 0.364. The summed E-state index contributed by atoms with van der Waals surface area (Å²) in [5.41, 5.74) is 4.44. The smallest absolute Gasteiger partial charge is 0.407 e. The molecule has 0 aliphatic rings. The van der Waals surface area contributed by atoms with Gasteiger partial charge in [0.2, 0.25) is 11.6 Å². The predicted molar refractivity (Wildman–Crippen MR) is 241 cm³/mol. The molecule has 15 heteroatoms. The summed E-state index contributed by atoms with van der Waals surface area (Å²) >= 11 is 0. The van der Waals surface area contributed by atoms with Crippen LogP contribution in [0.25, 0.3) is 33.5 Å². The van der Waals surface area contributed by atoms with E-state index in [2.05, 4.69) is 110 Å². The van der Waals surface area contributed by atoms with Crippen LogP contribution in [0.2, 0.25) is 0 Å². The molecule has 0 bridgehead atoms. The van der Waals surface area contributed by atoms with E-state index in [1.54, 1.807) is 49.5 Å². The molecule has 13 nitrogen and oxygen atoms in total. The van der Waals surface area contributed by atoms with Gasteiger partial charge in [0.15, 0.2) is 5.65 Å². The summed E-state index contributed by atoms with van der Waals surface area (Å²) in [5.74, 6) is 1.61. The van der Waals surface area contributed by atoms with Crippen molar-refractivity contribution >= 4 is 55.8 Å². The molecule has 59 heavy (non-hydrogen) atoms. The van der Waals surface area contributed by atoms with Gasteiger partial charge in [-0.05, 0) is 68.7 Å². The Bertz CT molecular complexity index is 2190. The number of carbonyl (C=O) groups excluding carboxylic acids is 2. The molecule has 1 aromatic carbocycles. The van der Waals surface area contributed by atoms with Crippen molar-refractivity contribution in [3.05, 3.63) is 121 Å². The maximum atomic E-state index is 12.2. The minimum Gasteiger partial charge on any atom is -0.448 e. The normalized spacial score (nSPS) is 12.1.